The molecule has 1 unspecified atom stereocenters. The number of carbonyl (C=O) groups excluding carboxylic acids is 1. The van der Waals surface area contributed by atoms with Gasteiger partial charge in [0.1, 0.15) is 5.75 Å². The lowest BCUT2D eigenvalue weighted by molar-refractivity contribution is -0.114. The summed E-state index contributed by atoms with van der Waals surface area (Å²) in [5.74, 6) is 1.81. The highest BCUT2D eigenvalue weighted by Crippen LogP contribution is 2.23. The molecule has 0 saturated heterocycles. The minimum atomic E-state index is 0.278. The second kappa shape index (κ2) is 8.63. The number of benzene rings is 1. The van der Waals surface area contributed by atoms with Gasteiger partial charge in [0.25, 0.3) is 0 Å². The summed E-state index contributed by atoms with van der Waals surface area (Å²) >= 11 is 0. The number of carbonyl (C=O) groups is 1. The van der Waals surface area contributed by atoms with Gasteiger partial charge in [0.2, 0.25) is 0 Å². The lowest BCUT2D eigenvalue weighted by Crippen LogP contribution is -2.06. The van der Waals surface area contributed by atoms with Crippen molar-refractivity contribution < 1.29 is 14.3 Å². The highest BCUT2D eigenvalue weighted by Gasteiger charge is 2.11. The second-order valence-electron chi connectivity index (χ2n) is 5.60. The van der Waals surface area contributed by atoms with Crippen LogP contribution in [-0.2, 0) is 16.0 Å². The molecule has 3 nitrogen and oxygen atoms in total. The smallest absolute Gasteiger partial charge is 0.188 e. The highest BCUT2D eigenvalue weighted by molar-refractivity contribution is 5.89. The van der Waals surface area contributed by atoms with Crippen molar-refractivity contribution in [3.63, 3.8) is 0 Å². The first-order valence-corrected chi connectivity index (χ1v) is 7.68. The van der Waals surface area contributed by atoms with Crippen molar-refractivity contribution in [1.82, 2.24) is 0 Å². The van der Waals surface area contributed by atoms with E-state index in [1.165, 1.54) is 12.0 Å². The van der Waals surface area contributed by atoms with Crippen molar-refractivity contribution in [1.29, 1.82) is 0 Å². The van der Waals surface area contributed by atoms with Gasteiger partial charge in [0, 0.05) is 13.5 Å². The van der Waals surface area contributed by atoms with Crippen LogP contribution in [0.2, 0.25) is 0 Å². The molecule has 1 aliphatic rings. The molecule has 0 bridgehead atoms. The summed E-state index contributed by atoms with van der Waals surface area (Å²) in [5, 5.41) is 0. The number of ether oxygens (including phenoxy) is 2. The van der Waals surface area contributed by atoms with Crippen LogP contribution in [0.5, 0.6) is 5.75 Å². The van der Waals surface area contributed by atoms with Crippen LogP contribution in [-0.4, -0.2) is 19.7 Å². The van der Waals surface area contributed by atoms with Gasteiger partial charge in [-0.25, -0.2) is 0 Å². The maximum absolute atomic E-state index is 11.3. The Kier molecular flexibility index (Phi) is 6.48. The van der Waals surface area contributed by atoms with Crippen molar-refractivity contribution in [2.45, 2.75) is 38.5 Å². The van der Waals surface area contributed by atoms with E-state index in [1.807, 2.05) is 18.2 Å². The third-order valence-electron chi connectivity index (χ3n) is 3.92. The Labute approximate surface area is 127 Å². The molecule has 0 aromatic heterocycles. The second-order valence-corrected chi connectivity index (χ2v) is 5.60. The molecule has 3 heteroatoms. The Bertz CT molecular complexity index is 462. The van der Waals surface area contributed by atoms with Gasteiger partial charge >= 0.3 is 0 Å². The van der Waals surface area contributed by atoms with Crippen LogP contribution in [0.4, 0.5) is 0 Å². The van der Waals surface area contributed by atoms with E-state index in [-0.39, 0.29) is 12.6 Å². The Hall–Kier alpha value is -1.61. The highest BCUT2D eigenvalue weighted by atomic mass is 16.7. The Morgan fingerprint density at radius 3 is 2.81 bits per heavy atom. The van der Waals surface area contributed by atoms with Crippen LogP contribution in [0.25, 0.3) is 0 Å². The monoisotopic (exact) mass is 288 g/mol. The van der Waals surface area contributed by atoms with Gasteiger partial charge in [-0.05, 0) is 61.8 Å². The SMILES string of the molecule is COCOc1ccc(CCC2C/C=C\C(=O)CCC2)cc1. The molecule has 0 heterocycles. The first-order chi connectivity index (χ1) is 10.3. The number of ketones is 1. The van der Waals surface area contributed by atoms with Crippen molar-refractivity contribution >= 4 is 5.78 Å². The zero-order valence-electron chi connectivity index (χ0n) is 12.7. The molecule has 0 fully saturated rings. The molecule has 0 saturated carbocycles. The van der Waals surface area contributed by atoms with E-state index in [2.05, 4.69) is 12.1 Å². The van der Waals surface area contributed by atoms with Crippen molar-refractivity contribution in [3.05, 3.63) is 42.0 Å². The Morgan fingerprint density at radius 2 is 2.05 bits per heavy atom. The first-order valence-electron chi connectivity index (χ1n) is 7.68. The summed E-state index contributed by atoms with van der Waals surface area (Å²) < 4.78 is 10.3. The molecular formula is C18H24O3. The first kappa shape index (κ1) is 15.8. The molecule has 1 aromatic rings. The molecular weight excluding hydrogens is 264 g/mol. The number of hydrogen-bond acceptors (Lipinski definition) is 3. The van der Waals surface area contributed by atoms with Crippen LogP contribution >= 0.6 is 0 Å². The van der Waals surface area contributed by atoms with Crippen LogP contribution in [0.1, 0.15) is 37.7 Å². The van der Waals surface area contributed by atoms with Crippen molar-refractivity contribution in [2.75, 3.05) is 13.9 Å². The quantitative estimate of drug-likeness (QED) is 0.744. The molecule has 0 N–H and O–H groups in total. The number of rotatable bonds is 6. The zero-order chi connectivity index (χ0) is 14.9. The van der Waals surface area contributed by atoms with E-state index >= 15 is 0 Å². The van der Waals surface area contributed by atoms with E-state index < -0.39 is 0 Å². The fraction of sp³-hybridized carbons (Fsp3) is 0.500. The summed E-state index contributed by atoms with van der Waals surface area (Å²) in [4.78, 5) is 11.3. The summed E-state index contributed by atoms with van der Waals surface area (Å²) in [6.45, 7) is 0.284. The average Bonchev–Trinajstić information content (AvgIpc) is 2.48. The molecule has 0 amide bonds. The zero-order valence-corrected chi connectivity index (χ0v) is 12.7. The number of methoxy groups -OCH3 is 1. The number of hydrogen-bond donors (Lipinski definition) is 0. The molecule has 0 spiro atoms. The van der Waals surface area contributed by atoms with Gasteiger partial charge in [-0.15, -0.1) is 0 Å². The van der Waals surface area contributed by atoms with Crippen LogP contribution in [0.3, 0.4) is 0 Å². The maximum atomic E-state index is 11.3. The molecule has 1 aliphatic carbocycles. The van der Waals surface area contributed by atoms with E-state index in [9.17, 15) is 4.79 Å². The van der Waals surface area contributed by atoms with Crippen molar-refractivity contribution in [2.24, 2.45) is 5.92 Å². The lowest BCUT2D eigenvalue weighted by atomic mass is 9.89. The molecule has 1 aromatic carbocycles. The molecule has 114 valence electrons. The standard InChI is InChI=1S/C18H24O3/c1-20-14-21-18-12-10-16(11-13-18)9-8-15-4-2-6-17(19)7-3-5-15/h2,6,10-13,15H,3-5,7-9,14H2,1H3/b6-2-. The fourth-order valence-electron chi connectivity index (χ4n) is 2.67. The maximum Gasteiger partial charge on any atom is 0.188 e. The van der Waals surface area contributed by atoms with Gasteiger partial charge in [-0.1, -0.05) is 18.2 Å². The van der Waals surface area contributed by atoms with Crippen molar-refractivity contribution in [3.8, 4) is 5.75 Å². The van der Waals surface area contributed by atoms with Gasteiger partial charge < -0.3 is 9.47 Å². The minimum absolute atomic E-state index is 0.278. The van der Waals surface area contributed by atoms with Gasteiger partial charge in [-0.3, -0.25) is 4.79 Å². The molecule has 21 heavy (non-hydrogen) atoms. The average molecular weight is 288 g/mol. The van der Waals surface area contributed by atoms with Gasteiger partial charge in [0.15, 0.2) is 12.6 Å². The van der Waals surface area contributed by atoms with Crippen LogP contribution in [0.15, 0.2) is 36.4 Å². The number of aryl methyl sites for hydroxylation is 1. The van der Waals surface area contributed by atoms with E-state index in [4.69, 9.17) is 9.47 Å². The Balaban J connectivity index is 1.79. The minimum Gasteiger partial charge on any atom is -0.468 e. The van der Waals surface area contributed by atoms with Crippen LogP contribution < -0.4 is 4.74 Å². The summed E-state index contributed by atoms with van der Waals surface area (Å²) in [6.07, 6.45) is 9.98. The topological polar surface area (TPSA) is 35.5 Å². The van der Waals surface area contributed by atoms with Gasteiger partial charge in [0.05, 0.1) is 0 Å². The summed E-state index contributed by atoms with van der Waals surface area (Å²) in [6, 6.07) is 8.22. The summed E-state index contributed by atoms with van der Waals surface area (Å²) in [7, 11) is 1.62. The van der Waals surface area contributed by atoms with Crippen LogP contribution in [0, 0.1) is 5.92 Å². The predicted octanol–water partition coefficient (Wildman–Crippen LogP) is 3.92. The molecule has 2 rings (SSSR count). The normalized spacial score (nSPS) is 20.6. The summed E-state index contributed by atoms with van der Waals surface area (Å²) in [5.41, 5.74) is 1.34. The molecule has 0 aliphatic heterocycles. The van der Waals surface area contributed by atoms with E-state index in [0.29, 0.717) is 12.3 Å². The lowest BCUT2D eigenvalue weighted by Gasteiger charge is -2.16. The third kappa shape index (κ3) is 5.72. The van der Waals surface area contributed by atoms with E-state index in [1.54, 1.807) is 13.2 Å². The van der Waals surface area contributed by atoms with Gasteiger partial charge in [-0.2, -0.15) is 0 Å². The number of allylic oxidation sites excluding steroid dienone is 2. The molecule has 1 atom stereocenters. The molecule has 0 radical (unpaired) electrons. The Morgan fingerprint density at radius 1 is 1.24 bits per heavy atom. The third-order valence-corrected chi connectivity index (χ3v) is 3.92. The predicted molar refractivity (Wildman–Crippen MR) is 83.4 cm³/mol. The largest absolute Gasteiger partial charge is 0.468 e. The van der Waals surface area contributed by atoms with E-state index in [0.717, 1.165) is 31.4 Å². The fourth-order valence-corrected chi connectivity index (χ4v) is 2.67.